The number of sulfonamides is 1. The molecule has 0 aliphatic rings. The number of methoxy groups -OCH3 is 1. The summed E-state index contributed by atoms with van der Waals surface area (Å²) in [4.78, 5) is 14.0. The van der Waals surface area contributed by atoms with E-state index in [1.54, 1.807) is 12.3 Å². The highest BCUT2D eigenvalue weighted by atomic mass is 32.2. The van der Waals surface area contributed by atoms with E-state index in [-0.39, 0.29) is 31.0 Å². The molecule has 0 atom stereocenters. The van der Waals surface area contributed by atoms with Crippen molar-refractivity contribution in [3.8, 4) is 0 Å². The number of hydrogen-bond acceptors (Lipinski definition) is 4. The van der Waals surface area contributed by atoms with Crippen LogP contribution in [0.15, 0.2) is 24.4 Å². The van der Waals surface area contributed by atoms with Gasteiger partial charge in [-0.25, -0.2) is 17.5 Å². The average Bonchev–Trinajstić information content (AvgIpc) is 2.89. The molecule has 2 N–H and O–H groups in total. The minimum atomic E-state index is -3.44. The van der Waals surface area contributed by atoms with Gasteiger partial charge < -0.3 is 9.72 Å². The van der Waals surface area contributed by atoms with Crippen molar-refractivity contribution in [1.29, 1.82) is 0 Å². The van der Waals surface area contributed by atoms with E-state index in [0.717, 1.165) is 16.5 Å². The third-order valence-corrected chi connectivity index (χ3v) is 4.94. The van der Waals surface area contributed by atoms with Crippen LogP contribution in [0.2, 0.25) is 0 Å². The number of esters is 1. The Kier molecular flexibility index (Phi) is 5.73. The van der Waals surface area contributed by atoms with Gasteiger partial charge in [0.25, 0.3) is 0 Å². The number of halogens is 1. The summed E-state index contributed by atoms with van der Waals surface area (Å²) in [6.45, 7) is 0.212. The molecular formula is C15H19FN2O4S. The molecule has 0 radical (unpaired) electrons. The first-order valence-corrected chi connectivity index (χ1v) is 8.86. The summed E-state index contributed by atoms with van der Waals surface area (Å²) in [5.74, 6) is -0.896. The molecule has 1 heterocycles. The zero-order chi connectivity index (χ0) is 16.9. The van der Waals surface area contributed by atoms with Crippen molar-refractivity contribution in [2.24, 2.45) is 0 Å². The van der Waals surface area contributed by atoms with Gasteiger partial charge in [0.2, 0.25) is 10.0 Å². The number of hydrogen-bond donors (Lipinski definition) is 2. The Bertz CT molecular complexity index is 786. The monoisotopic (exact) mass is 342 g/mol. The Balaban J connectivity index is 1.85. The molecule has 2 aromatic rings. The quantitative estimate of drug-likeness (QED) is 0.715. The van der Waals surface area contributed by atoms with Crippen LogP contribution in [0.1, 0.15) is 18.4 Å². The molecule has 0 saturated heterocycles. The summed E-state index contributed by atoms with van der Waals surface area (Å²) in [5, 5.41) is 0.745. The summed E-state index contributed by atoms with van der Waals surface area (Å²) >= 11 is 0. The van der Waals surface area contributed by atoms with E-state index in [4.69, 9.17) is 0 Å². The number of carbonyl (C=O) groups is 1. The molecule has 0 bridgehead atoms. The first-order valence-electron chi connectivity index (χ1n) is 7.21. The minimum absolute atomic E-state index is 0.0686. The molecule has 0 unspecified atom stereocenters. The van der Waals surface area contributed by atoms with Crippen molar-refractivity contribution in [3.63, 3.8) is 0 Å². The zero-order valence-electron chi connectivity index (χ0n) is 12.8. The highest BCUT2D eigenvalue weighted by Crippen LogP contribution is 2.19. The Morgan fingerprint density at radius 2 is 2.17 bits per heavy atom. The van der Waals surface area contributed by atoms with E-state index in [0.29, 0.717) is 6.42 Å². The Hall–Kier alpha value is -1.93. The van der Waals surface area contributed by atoms with Gasteiger partial charge in [-0.05, 0) is 36.6 Å². The third kappa shape index (κ3) is 5.04. The predicted octanol–water partition coefficient (Wildman–Crippen LogP) is 1.72. The van der Waals surface area contributed by atoms with E-state index < -0.39 is 16.0 Å². The first kappa shape index (κ1) is 17.4. The molecule has 0 aliphatic carbocycles. The first-order chi connectivity index (χ1) is 10.9. The molecule has 0 saturated carbocycles. The number of ether oxygens (including phenoxy) is 1. The largest absolute Gasteiger partial charge is 0.469 e. The highest BCUT2D eigenvalue weighted by molar-refractivity contribution is 7.89. The van der Waals surface area contributed by atoms with Crippen LogP contribution >= 0.6 is 0 Å². The zero-order valence-corrected chi connectivity index (χ0v) is 13.6. The van der Waals surface area contributed by atoms with Crippen molar-refractivity contribution in [2.75, 3.05) is 19.4 Å². The summed E-state index contributed by atoms with van der Waals surface area (Å²) in [6.07, 6.45) is 2.47. The van der Waals surface area contributed by atoms with Gasteiger partial charge >= 0.3 is 5.97 Å². The number of aromatic amines is 1. The Labute approximate surface area is 134 Å². The number of aromatic nitrogens is 1. The van der Waals surface area contributed by atoms with Crippen LogP contribution in [-0.4, -0.2) is 38.8 Å². The van der Waals surface area contributed by atoms with Crippen LogP contribution < -0.4 is 4.72 Å². The van der Waals surface area contributed by atoms with Gasteiger partial charge in [0.15, 0.2) is 0 Å². The van der Waals surface area contributed by atoms with Crippen molar-refractivity contribution >= 4 is 26.9 Å². The SMILES string of the molecule is COC(=O)CCCS(=O)(=O)NCCc1c[nH]c2ccc(F)cc12. The van der Waals surface area contributed by atoms with Gasteiger partial charge in [0, 0.05) is 30.1 Å². The second kappa shape index (κ2) is 7.56. The lowest BCUT2D eigenvalue weighted by molar-refractivity contribution is -0.140. The van der Waals surface area contributed by atoms with Crippen LogP contribution in [-0.2, 0) is 26.0 Å². The molecule has 6 nitrogen and oxygen atoms in total. The molecule has 1 aromatic carbocycles. The lowest BCUT2D eigenvalue weighted by Gasteiger charge is -2.06. The van der Waals surface area contributed by atoms with Gasteiger partial charge in [-0.3, -0.25) is 4.79 Å². The number of H-pyrrole nitrogens is 1. The normalized spacial score (nSPS) is 11.7. The van der Waals surface area contributed by atoms with E-state index in [1.165, 1.54) is 19.2 Å². The maximum Gasteiger partial charge on any atom is 0.305 e. The van der Waals surface area contributed by atoms with E-state index in [9.17, 15) is 17.6 Å². The van der Waals surface area contributed by atoms with Crippen LogP contribution in [0.5, 0.6) is 0 Å². The second-order valence-electron chi connectivity index (χ2n) is 5.15. The molecule has 126 valence electrons. The Morgan fingerprint density at radius 3 is 2.91 bits per heavy atom. The summed E-state index contributed by atoms with van der Waals surface area (Å²) in [7, 11) is -2.18. The number of benzene rings is 1. The molecule has 0 aliphatic heterocycles. The summed E-state index contributed by atoms with van der Waals surface area (Å²) in [5.41, 5.74) is 1.65. The molecule has 1 aromatic heterocycles. The number of fused-ring (bicyclic) bond motifs is 1. The van der Waals surface area contributed by atoms with Crippen LogP contribution in [0, 0.1) is 5.82 Å². The summed E-state index contributed by atoms with van der Waals surface area (Å²) < 4.78 is 43.8. The van der Waals surface area contributed by atoms with Crippen LogP contribution in [0.25, 0.3) is 10.9 Å². The molecular weight excluding hydrogens is 323 g/mol. The fraction of sp³-hybridized carbons (Fsp3) is 0.400. The lowest BCUT2D eigenvalue weighted by atomic mass is 10.1. The minimum Gasteiger partial charge on any atom is -0.469 e. The summed E-state index contributed by atoms with van der Waals surface area (Å²) in [6, 6.07) is 4.43. The smallest absolute Gasteiger partial charge is 0.305 e. The lowest BCUT2D eigenvalue weighted by Crippen LogP contribution is -2.28. The van der Waals surface area contributed by atoms with Crippen molar-refractivity contribution in [1.82, 2.24) is 9.71 Å². The van der Waals surface area contributed by atoms with Crippen LogP contribution in [0.3, 0.4) is 0 Å². The molecule has 0 spiro atoms. The molecule has 0 amide bonds. The molecule has 0 fully saturated rings. The van der Waals surface area contributed by atoms with E-state index in [2.05, 4.69) is 14.4 Å². The average molecular weight is 342 g/mol. The number of nitrogens with one attached hydrogen (secondary N) is 2. The fourth-order valence-corrected chi connectivity index (χ4v) is 3.36. The van der Waals surface area contributed by atoms with Gasteiger partial charge in [-0.1, -0.05) is 0 Å². The van der Waals surface area contributed by atoms with E-state index in [1.807, 2.05) is 0 Å². The van der Waals surface area contributed by atoms with Crippen molar-refractivity contribution < 1.29 is 22.3 Å². The van der Waals surface area contributed by atoms with Gasteiger partial charge in [-0.15, -0.1) is 0 Å². The van der Waals surface area contributed by atoms with Gasteiger partial charge in [0.1, 0.15) is 5.82 Å². The van der Waals surface area contributed by atoms with Gasteiger partial charge in [0.05, 0.1) is 12.9 Å². The Morgan fingerprint density at radius 1 is 1.39 bits per heavy atom. The van der Waals surface area contributed by atoms with Crippen molar-refractivity contribution in [2.45, 2.75) is 19.3 Å². The molecule has 2 rings (SSSR count). The fourth-order valence-electron chi connectivity index (χ4n) is 2.28. The molecule has 8 heteroatoms. The van der Waals surface area contributed by atoms with Crippen LogP contribution in [0.4, 0.5) is 4.39 Å². The number of rotatable bonds is 8. The predicted molar refractivity (Wildman–Crippen MR) is 85.0 cm³/mol. The molecule has 23 heavy (non-hydrogen) atoms. The van der Waals surface area contributed by atoms with Crippen molar-refractivity contribution in [3.05, 3.63) is 35.8 Å². The maximum atomic E-state index is 13.3. The maximum absolute atomic E-state index is 13.3. The third-order valence-electron chi connectivity index (χ3n) is 3.47. The highest BCUT2D eigenvalue weighted by Gasteiger charge is 2.12. The topological polar surface area (TPSA) is 88.3 Å². The standard InChI is InChI=1S/C15H19FN2O4S/c1-22-15(19)3-2-8-23(20,21)18-7-6-11-10-17-14-5-4-12(16)9-13(11)14/h4-5,9-10,17-18H,2-3,6-8H2,1H3. The number of carbonyl (C=O) groups excluding carboxylic acids is 1. The second-order valence-corrected chi connectivity index (χ2v) is 7.07. The van der Waals surface area contributed by atoms with E-state index >= 15 is 0 Å². The van der Waals surface area contributed by atoms with Gasteiger partial charge in [-0.2, -0.15) is 0 Å².